The maximum Gasteiger partial charge on any atom is 0.314 e. The smallest absolute Gasteiger partial charge is 0.314 e. The molecule has 1 saturated carbocycles. The van der Waals surface area contributed by atoms with Crippen LogP contribution in [0.4, 0.5) is 0 Å². The molecule has 2 aliphatic rings. The monoisotopic (exact) mass is 402 g/mol. The van der Waals surface area contributed by atoms with Gasteiger partial charge in [-0.15, -0.1) is 12.4 Å². The molecule has 0 amide bonds. The third kappa shape index (κ3) is 2.84. The van der Waals surface area contributed by atoms with E-state index in [9.17, 15) is 4.79 Å². The van der Waals surface area contributed by atoms with Crippen molar-refractivity contribution < 1.29 is 9.53 Å². The van der Waals surface area contributed by atoms with Gasteiger partial charge in [-0.2, -0.15) is 0 Å². The summed E-state index contributed by atoms with van der Waals surface area (Å²) in [4.78, 5) is 16.2. The van der Waals surface area contributed by atoms with Gasteiger partial charge in [-0.1, -0.05) is 29.6 Å². The predicted octanol–water partition coefficient (Wildman–Crippen LogP) is 4.82. The lowest BCUT2D eigenvalue weighted by Gasteiger charge is -2.46. The molecule has 2 N–H and O–H groups in total. The third-order valence-corrected chi connectivity index (χ3v) is 6.19. The predicted molar refractivity (Wildman–Crippen MR) is 103 cm³/mol. The molecule has 0 spiro atoms. The average Bonchev–Trinajstić information content (AvgIpc) is 2.85. The number of ether oxygens (including phenoxy) is 1. The number of halogens is 3. The number of esters is 1. The van der Waals surface area contributed by atoms with Gasteiger partial charge in [0.25, 0.3) is 0 Å². The summed E-state index contributed by atoms with van der Waals surface area (Å²) in [7, 11) is 0. The summed E-state index contributed by atoms with van der Waals surface area (Å²) in [5.74, 6) is -0.0867. The molecule has 0 saturated heterocycles. The Balaban J connectivity index is 0.00000182. The molecular weight excluding hydrogens is 383 g/mol. The molecular formula is C18H21Cl3N2O2. The van der Waals surface area contributed by atoms with E-state index in [0.717, 1.165) is 48.8 Å². The van der Waals surface area contributed by atoms with Gasteiger partial charge < -0.3 is 15.0 Å². The zero-order valence-electron chi connectivity index (χ0n) is 14.0. The van der Waals surface area contributed by atoms with Gasteiger partial charge in [0.15, 0.2) is 0 Å². The van der Waals surface area contributed by atoms with E-state index in [1.54, 1.807) is 0 Å². The van der Waals surface area contributed by atoms with Gasteiger partial charge in [0, 0.05) is 16.6 Å². The number of fused-ring (bicyclic) bond motifs is 3. The Morgan fingerprint density at radius 1 is 1.32 bits per heavy atom. The van der Waals surface area contributed by atoms with Crippen LogP contribution in [0.5, 0.6) is 0 Å². The fourth-order valence-electron chi connectivity index (χ4n) is 4.14. The zero-order chi connectivity index (χ0) is 16.9. The first-order valence-electron chi connectivity index (χ1n) is 8.47. The SMILES string of the molecule is CCOC(=O)C1(C2NCCc3c2[nH]c2cc(Cl)c(Cl)cc32)CCC1.Cl. The van der Waals surface area contributed by atoms with Crippen LogP contribution >= 0.6 is 35.6 Å². The molecule has 1 aliphatic heterocycles. The summed E-state index contributed by atoms with van der Waals surface area (Å²) in [5, 5.41) is 5.75. The normalized spacial score (nSPS) is 21.2. The van der Waals surface area contributed by atoms with Crippen LogP contribution in [0.3, 0.4) is 0 Å². The van der Waals surface area contributed by atoms with Crippen LogP contribution in [-0.4, -0.2) is 24.1 Å². The fourth-order valence-corrected chi connectivity index (χ4v) is 4.47. The summed E-state index contributed by atoms with van der Waals surface area (Å²) in [6.45, 7) is 3.11. The van der Waals surface area contributed by atoms with E-state index in [1.807, 2.05) is 19.1 Å². The van der Waals surface area contributed by atoms with E-state index in [0.29, 0.717) is 16.7 Å². The van der Waals surface area contributed by atoms with E-state index in [4.69, 9.17) is 27.9 Å². The molecule has 1 aromatic carbocycles. The number of H-pyrrole nitrogens is 1. The lowest BCUT2D eigenvalue weighted by molar-refractivity contribution is -0.164. The van der Waals surface area contributed by atoms with Crippen molar-refractivity contribution in [3.63, 3.8) is 0 Å². The molecule has 2 aromatic rings. The Kier molecular flexibility index (Phi) is 5.27. The van der Waals surface area contributed by atoms with Crippen molar-refractivity contribution in [1.29, 1.82) is 0 Å². The van der Waals surface area contributed by atoms with Crippen molar-refractivity contribution in [1.82, 2.24) is 10.3 Å². The molecule has 0 bridgehead atoms. The van der Waals surface area contributed by atoms with Crippen molar-refractivity contribution in [3.8, 4) is 0 Å². The number of hydrogen-bond acceptors (Lipinski definition) is 3. The molecule has 1 aliphatic carbocycles. The van der Waals surface area contributed by atoms with Gasteiger partial charge in [-0.25, -0.2) is 0 Å². The topological polar surface area (TPSA) is 54.1 Å². The summed E-state index contributed by atoms with van der Waals surface area (Å²) in [6, 6.07) is 3.75. The Morgan fingerprint density at radius 2 is 2.04 bits per heavy atom. The first-order chi connectivity index (χ1) is 11.6. The largest absolute Gasteiger partial charge is 0.466 e. The molecule has 1 fully saturated rings. The van der Waals surface area contributed by atoms with Crippen molar-refractivity contribution in [3.05, 3.63) is 33.4 Å². The maximum atomic E-state index is 12.7. The molecule has 2 heterocycles. The minimum absolute atomic E-state index is 0. The molecule has 136 valence electrons. The Bertz CT molecular complexity index is 814. The summed E-state index contributed by atoms with van der Waals surface area (Å²) >= 11 is 12.4. The molecule has 1 unspecified atom stereocenters. The maximum absolute atomic E-state index is 12.7. The number of hydrogen-bond donors (Lipinski definition) is 2. The summed E-state index contributed by atoms with van der Waals surface area (Å²) < 4.78 is 5.39. The highest BCUT2D eigenvalue weighted by molar-refractivity contribution is 6.42. The number of rotatable bonds is 3. The highest BCUT2D eigenvalue weighted by Crippen LogP contribution is 2.53. The van der Waals surface area contributed by atoms with Gasteiger partial charge in [-0.05, 0) is 50.4 Å². The Morgan fingerprint density at radius 3 is 2.68 bits per heavy atom. The second kappa shape index (κ2) is 6.99. The van der Waals surface area contributed by atoms with Crippen LogP contribution in [0.15, 0.2) is 12.1 Å². The first kappa shape index (κ1) is 18.8. The molecule has 1 aromatic heterocycles. The van der Waals surface area contributed by atoms with Gasteiger partial charge in [-0.3, -0.25) is 4.79 Å². The van der Waals surface area contributed by atoms with Crippen molar-refractivity contribution in [2.45, 2.75) is 38.6 Å². The molecule has 7 heteroatoms. The summed E-state index contributed by atoms with van der Waals surface area (Å²) in [6.07, 6.45) is 3.69. The van der Waals surface area contributed by atoms with Crippen LogP contribution in [0.25, 0.3) is 10.9 Å². The van der Waals surface area contributed by atoms with E-state index in [-0.39, 0.29) is 24.4 Å². The Hall–Kier alpha value is -0.940. The van der Waals surface area contributed by atoms with Crippen LogP contribution in [0, 0.1) is 5.41 Å². The van der Waals surface area contributed by atoms with Crippen molar-refractivity contribution >= 4 is 52.5 Å². The highest BCUT2D eigenvalue weighted by atomic mass is 35.5. The Labute approximate surface area is 163 Å². The molecule has 1 atom stereocenters. The van der Waals surface area contributed by atoms with Gasteiger partial charge in [0.2, 0.25) is 0 Å². The molecule has 0 radical (unpaired) electrons. The number of aromatic nitrogens is 1. The van der Waals surface area contributed by atoms with E-state index < -0.39 is 5.41 Å². The lowest BCUT2D eigenvalue weighted by atomic mass is 9.62. The highest BCUT2D eigenvalue weighted by Gasteiger charge is 2.53. The van der Waals surface area contributed by atoms with Crippen LogP contribution in [-0.2, 0) is 16.0 Å². The number of nitrogens with one attached hydrogen (secondary N) is 2. The van der Waals surface area contributed by atoms with E-state index >= 15 is 0 Å². The average molecular weight is 404 g/mol. The van der Waals surface area contributed by atoms with E-state index in [2.05, 4.69) is 10.3 Å². The summed E-state index contributed by atoms with van der Waals surface area (Å²) in [5.41, 5.74) is 2.84. The third-order valence-electron chi connectivity index (χ3n) is 5.47. The zero-order valence-corrected chi connectivity index (χ0v) is 16.3. The van der Waals surface area contributed by atoms with Crippen LogP contribution in [0.1, 0.15) is 43.5 Å². The molecule has 4 rings (SSSR count). The number of aromatic amines is 1. The van der Waals surface area contributed by atoms with Crippen LogP contribution in [0.2, 0.25) is 10.0 Å². The van der Waals surface area contributed by atoms with Gasteiger partial charge >= 0.3 is 5.97 Å². The minimum atomic E-state index is -0.459. The molecule has 25 heavy (non-hydrogen) atoms. The number of benzene rings is 1. The van der Waals surface area contributed by atoms with Gasteiger partial charge in [0.1, 0.15) is 0 Å². The number of carbonyl (C=O) groups excluding carboxylic acids is 1. The lowest BCUT2D eigenvalue weighted by Crippen LogP contribution is -2.51. The quantitative estimate of drug-likeness (QED) is 0.723. The fraction of sp³-hybridized carbons (Fsp3) is 0.500. The number of carbonyl (C=O) groups is 1. The van der Waals surface area contributed by atoms with Crippen molar-refractivity contribution in [2.75, 3.05) is 13.2 Å². The standard InChI is InChI=1S/C18H20Cl2N2O2.ClH/c1-2-24-17(23)18(5-3-6-18)16-15-10(4-7-21-16)11-8-12(19)13(20)9-14(11)22-15;/h8-9,16,21-22H,2-7H2,1H3;1H. The second-order valence-electron chi connectivity index (χ2n) is 6.70. The minimum Gasteiger partial charge on any atom is -0.466 e. The van der Waals surface area contributed by atoms with E-state index in [1.165, 1.54) is 5.56 Å². The van der Waals surface area contributed by atoms with Crippen LogP contribution < -0.4 is 5.32 Å². The van der Waals surface area contributed by atoms with Crippen molar-refractivity contribution in [2.24, 2.45) is 5.41 Å². The van der Waals surface area contributed by atoms with Gasteiger partial charge in [0.05, 0.1) is 28.1 Å². The second-order valence-corrected chi connectivity index (χ2v) is 7.51. The first-order valence-corrected chi connectivity index (χ1v) is 9.22. The molecule has 4 nitrogen and oxygen atoms in total.